The second kappa shape index (κ2) is 6.07. The quantitative estimate of drug-likeness (QED) is 0.808. The molecule has 1 saturated carbocycles. The molecule has 0 spiro atoms. The zero-order chi connectivity index (χ0) is 14.7. The number of benzene rings is 1. The van der Waals surface area contributed by atoms with Crippen molar-refractivity contribution in [3.05, 3.63) is 35.7 Å². The van der Waals surface area contributed by atoms with E-state index < -0.39 is 5.97 Å². The predicted octanol–water partition coefficient (Wildman–Crippen LogP) is 3.55. The molecular formula is C16H20FNO2. The number of halogens is 1. The molecule has 0 bridgehead atoms. The third-order valence-electron chi connectivity index (χ3n) is 3.49. The number of anilines is 1. The smallest absolute Gasteiger partial charge is 0.328 e. The van der Waals surface area contributed by atoms with Crippen LogP contribution in [-0.2, 0) is 4.79 Å². The Balaban J connectivity index is 2.37. The van der Waals surface area contributed by atoms with Gasteiger partial charge in [-0.2, -0.15) is 0 Å². The Bertz CT molecular complexity index is 521. The van der Waals surface area contributed by atoms with Crippen LogP contribution in [0.2, 0.25) is 0 Å². The molecule has 108 valence electrons. The molecule has 0 radical (unpaired) electrons. The zero-order valence-corrected chi connectivity index (χ0v) is 11.8. The SMILES string of the molecule is CC(C)N(CC1CC1)c1c(F)cccc1/C=C/C(=O)O. The molecule has 1 fully saturated rings. The minimum absolute atomic E-state index is 0.171. The molecule has 0 heterocycles. The number of carbonyl (C=O) groups is 1. The van der Waals surface area contributed by atoms with Crippen LogP contribution in [0.5, 0.6) is 0 Å². The maximum atomic E-state index is 14.2. The fourth-order valence-corrected chi connectivity index (χ4v) is 2.27. The standard InChI is InChI=1S/C16H20FNO2/c1-11(2)18(10-12-6-7-12)16-13(8-9-15(19)20)4-3-5-14(16)17/h3-5,8-9,11-12H,6-7,10H2,1-2H3,(H,19,20)/b9-8+. The van der Waals surface area contributed by atoms with E-state index in [0.717, 1.165) is 12.6 Å². The molecule has 0 atom stereocenters. The van der Waals surface area contributed by atoms with Crippen LogP contribution in [0.3, 0.4) is 0 Å². The van der Waals surface area contributed by atoms with Crippen molar-refractivity contribution in [2.45, 2.75) is 32.7 Å². The summed E-state index contributed by atoms with van der Waals surface area (Å²) in [5, 5.41) is 8.74. The Hall–Kier alpha value is -1.84. The highest BCUT2D eigenvalue weighted by Gasteiger charge is 2.27. The highest BCUT2D eigenvalue weighted by molar-refractivity contribution is 5.87. The highest BCUT2D eigenvalue weighted by atomic mass is 19.1. The van der Waals surface area contributed by atoms with Gasteiger partial charge in [0.1, 0.15) is 5.82 Å². The van der Waals surface area contributed by atoms with Crippen LogP contribution < -0.4 is 4.90 Å². The maximum Gasteiger partial charge on any atom is 0.328 e. The molecule has 0 saturated heterocycles. The van der Waals surface area contributed by atoms with Gasteiger partial charge in [-0.05, 0) is 44.7 Å². The number of carboxylic acid groups (broad SMARTS) is 1. The van der Waals surface area contributed by atoms with E-state index in [9.17, 15) is 9.18 Å². The van der Waals surface area contributed by atoms with E-state index in [1.165, 1.54) is 25.0 Å². The van der Waals surface area contributed by atoms with E-state index in [1.807, 2.05) is 18.7 Å². The lowest BCUT2D eigenvalue weighted by Gasteiger charge is -2.31. The van der Waals surface area contributed by atoms with Gasteiger partial charge in [-0.15, -0.1) is 0 Å². The van der Waals surface area contributed by atoms with Crippen LogP contribution in [0.25, 0.3) is 6.08 Å². The van der Waals surface area contributed by atoms with E-state index in [4.69, 9.17) is 5.11 Å². The zero-order valence-electron chi connectivity index (χ0n) is 11.8. The van der Waals surface area contributed by atoms with Gasteiger partial charge in [0.2, 0.25) is 0 Å². The minimum atomic E-state index is -1.03. The largest absolute Gasteiger partial charge is 0.478 e. The first-order chi connectivity index (χ1) is 9.49. The molecule has 20 heavy (non-hydrogen) atoms. The first-order valence-electron chi connectivity index (χ1n) is 6.95. The molecule has 0 aliphatic heterocycles. The average Bonchev–Trinajstić information content (AvgIpc) is 3.18. The summed E-state index contributed by atoms with van der Waals surface area (Å²) in [6.07, 6.45) is 4.90. The molecule has 0 amide bonds. The van der Waals surface area contributed by atoms with E-state index in [0.29, 0.717) is 17.2 Å². The van der Waals surface area contributed by atoms with E-state index >= 15 is 0 Å². The fourth-order valence-electron chi connectivity index (χ4n) is 2.27. The van der Waals surface area contributed by atoms with Gasteiger partial charge in [0.15, 0.2) is 0 Å². The number of hydrogen-bond acceptors (Lipinski definition) is 2. The number of aliphatic carboxylic acids is 1. The molecule has 1 aromatic carbocycles. The van der Waals surface area contributed by atoms with E-state index in [1.54, 1.807) is 12.1 Å². The fraction of sp³-hybridized carbons (Fsp3) is 0.438. The van der Waals surface area contributed by atoms with Crippen LogP contribution >= 0.6 is 0 Å². The van der Waals surface area contributed by atoms with Crippen LogP contribution in [0.1, 0.15) is 32.3 Å². The third kappa shape index (κ3) is 3.59. The molecule has 0 aromatic heterocycles. The monoisotopic (exact) mass is 277 g/mol. The Morgan fingerprint density at radius 2 is 2.20 bits per heavy atom. The van der Waals surface area contributed by atoms with Gasteiger partial charge in [-0.25, -0.2) is 9.18 Å². The van der Waals surface area contributed by atoms with Crippen molar-refractivity contribution in [2.24, 2.45) is 5.92 Å². The van der Waals surface area contributed by atoms with Crippen molar-refractivity contribution in [3.8, 4) is 0 Å². The van der Waals surface area contributed by atoms with Gasteiger partial charge in [0.05, 0.1) is 5.69 Å². The van der Waals surface area contributed by atoms with Gasteiger partial charge >= 0.3 is 5.97 Å². The second-order valence-corrected chi connectivity index (χ2v) is 5.54. The molecule has 4 heteroatoms. The summed E-state index contributed by atoms with van der Waals surface area (Å²) in [5.41, 5.74) is 1.12. The third-order valence-corrected chi connectivity index (χ3v) is 3.49. The molecule has 0 unspecified atom stereocenters. The molecule has 1 N–H and O–H groups in total. The Morgan fingerprint density at radius 1 is 1.50 bits per heavy atom. The van der Waals surface area contributed by atoms with Crippen molar-refractivity contribution in [1.82, 2.24) is 0 Å². The topological polar surface area (TPSA) is 40.5 Å². The van der Waals surface area contributed by atoms with Crippen LogP contribution in [-0.4, -0.2) is 23.7 Å². The van der Waals surface area contributed by atoms with E-state index in [-0.39, 0.29) is 11.9 Å². The van der Waals surface area contributed by atoms with Gasteiger partial charge < -0.3 is 10.0 Å². The molecule has 1 aliphatic carbocycles. The highest BCUT2D eigenvalue weighted by Crippen LogP contribution is 2.35. The second-order valence-electron chi connectivity index (χ2n) is 5.54. The lowest BCUT2D eigenvalue weighted by molar-refractivity contribution is -0.131. The van der Waals surface area contributed by atoms with Gasteiger partial charge in [0.25, 0.3) is 0 Å². The Morgan fingerprint density at radius 3 is 2.75 bits per heavy atom. The van der Waals surface area contributed by atoms with E-state index in [2.05, 4.69) is 0 Å². The van der Waals surface area contributed by atoms with Crippen LogP contribution in [0.15, 0.2) is 24.3 Å². The van der Waals surface area contributed by atoms with Crippen molar-refractivity contribution in [3.63, 3.8) is 0 Å². The van der Waals surface area contributed by atoms with Crippen LogP contribution in [0.4, 0.5) is 10.1 Å². The lowest BCUT2D eigenvalue weighted by atomic mass is 10.1. The number of hydrogen-bond donors (Lipinski definition) is 1. The van der Waals surface area contributed by atoms with Gasteiger partial charge in [-0.1, -0.05) is 12.1 Å². The molecule has 2 rings (SSSR count). The summed E-state index contributed by atoms with van der Waals surface area (Å²) in [4.78, 5) is 12.7. The molecular weight excluding hydrogens is 257 g/mol. The first kappa shape index (κ1) is 14.6. The average molecular weight is 277 g/mol. The van der Waals surface area contributed by atoms with Crippen molar-refractivity contribution in [1.29, 1.82) is 0 Å². The van der Waals surface area contributed by atoms with Gasteiger partial charge in [-0.3, -0.25) is 0 Å². The summed E-state index contributed by atoms with van der Waals surface area (Å²) in [6, 6.07) is 4.95. The number of carboxylic acids is 1. The lowest BCUT2D eigenvalue weighted by Crippen LogP contribution is -2.34. The summed E-state index contributed by atoms with van der Waals surface area (Å²) >= 11 is 0. The molecule has 1 aliphatic rings. The molecule has 3 nitrogen and oxygen atoms in total. The number of para-hydroxylation sites is 1. The summed E-state index contributed by atoms with van der Waals surface area (Å²) in [5.74, 6) is -0.696. The van der Waals surface area contributed by atoms with Crippen LogP contribution in [0, 0.1) is 11.7 Å². The van der Waals surface area contributed by atoms with Crippen molar-refractivity contribution >= 4 is 17.7 Å². The van der Waals surface area contributed by atoms with Crippen molar-refractivity contribution < 1.29 is 14.3 Å². The maximum absolute atomic E-state index is 14.2. The number of nitrogens with zero attached hydrogens (tertiary/aromatic N) is 1. The number of rotatable bonds is 6. The summed E-state index contributed by atoms with van der Waals surface area (Å²) in [6.45, 7) is 4.88. The Kier molecular flexibility index (Phi) is 4.42. The normalized spacial score (nSPS) is 15.0. The van der Waals surface area contributed by atoms with Gasteiger partial charge in [0, 0.05) is 24.2 Å². The van der Waals surface area contributed by atoms with Crippen molar-refractivity contribution in [2.75, 3.05) is 11.4 Å². The predicted molar refractivity (Wildman–Crippen MR) is 78.3 cm³/mol. The molecule has 1 aromatic rings. The summed E-state index contributed by atoms with van der Waals surface area (Å²) < 4.78 is 14.2. The Labute approximate surface area is 118 Å². The minimum Gasteiger partial charge on any atom is -0.478 e. The summed E-state index contributed by atoms with van der Waals surface area (Å²) in [7, 11) is 0. The first-order valence-corrected chi connectivity index (χ1v) is 6.95.